The molecule has 2 rings (SSSR count). The molecule has 0 aliphatic carbocycles. The average molecular weight is 276 g/mol. The average Bonchev–Trinajstić information content (AvgIpc) is 2.39. The number of carbonyl (C=O) groups is 2. The molecule has 9 nitrogen and oxygen atoms in total. The van der Waals surface area contributed by atoms with Crippen LogP contribution in [0.15, 0.2) is 28.2 Å². The Balaban J connectivity index is 2.25. The number of carbonyl (C=O) groups excluding carboxylic acids is 2. The van der Waals surface area contributed by atoms with Crippen LogP contribution >= 0.6 is 0 Å². The third-order valence-corrected chi connectivity index (χ3v) is 2.43. The summed E-state index contributed by atoms with van der Waals surface area (Å²) in [5.74, 6) is -0.880. The lowest BCUT2D eigenvalue weighted by molar-refractivity contribution is -0.384. The van der Waals surface area contributed by atoms with Crippen LogP contribution < -0.4 is 5.32 Å². The van der Waals surface area contributed by atoms with Gasteiger partial charge in [-0.15, -0.1) is 0 Å². The number of hydrogen-bond donors (Lipinski definition) is 2. The molecule has 1 unspecified atom stereocenters. The van der Waals surface area contributed by atoms with Crippen LogP contribution in [-0.4, -0.2) is 40.4 Å². The summed E-state index contributed by atoms with van der Waals surface area (Å²) in [5.41, 5.74) is -0.140. The summed E-state index contributed by atoms with van der Waals surface area (Å²) in [6.07, 6.45) is 2.15. The molecule has 1 atom stereocenters. The highest BCUT2D eigenvalue weighted by atomic mass is 16.6. The van der Waals surface area contributed by atoms with Gasteiger partial charge in [0.05, 0.1) is 4.92 Å². The van der Waals surface area contributed by atoms with Gasteiger partial charge >= 0.3 is 6.03 Å². The SMILES string of the molecule is O=C1N=CC(N=Cc2cc([N+](=O)[O-])ccc2O)C(=O)N1. The van der Waals surface area contributed by atoms with Gasteiger partial charge in [-0.1, -0.05) is 0 Å². The molecule has 0 spiro atoms. The zero-order valence-electron chi connectivity index (χ0n) is 9.89. The van der Waals surface area contributed by atoms with Crippen molar-refractivity contribution in [1.82, 2.24) is 5.32 Å². The fourth-order valence-electron chi connectivity index (χ4n) is 1.44. The van der Waals surface area contributed by atoms with E-state index in [1.54, 1.807) is 0 Å². The fraction of sp³-hybridized carbons (Fsp3) is 0.0909. The molecule has 0 radical (unpaired) electrons. The lowest BCUT2D eigenvalue weighted by Crippen LogP contribution is -2.41. The normalized spacial score (nSPS) is 18.3. The van der Waals surface area contributed by atoms with E-state index in [1.165, 1.54) is 0 Å². The Kier molecular flexibility index (Phi) is 3.51. The summed E-state index contributed by atoms with van der Waals surface area (Å²) in [7, 11) is 0. The van der Waals surface area contributed by atoms with Gasteiger partial charge in [0.2, 0.25) is 0 Å². The number of rotatable bonds is 3. The quantitative estimate of drug-likeness (QED) is 0.468. The number of amides is 3. The van der Waals surface area contributed by atoms with E-state index in [9.17, 15) is 24.8 Å². The van der Waals surface area contributed by atoms with E-state index < -0.39 is 22.9 Å². The van der Waals surface area contributed by atoms with Gasteiger partial charge in [-0.05, 0) is 6.07 Å². The number of aliphatic imine (C=N–C) groups is 2. The molecule has 0 saturated heterocycles. The third kappa shape index (κ3) is 2.83. The Morgan fingerprint density at radius 1 is 1.45 bits per heavy atom. The topological polar surface area (TPSA) is 134 Å². The molecule has 1 aliphatic rings. The monoisotopic (exact) mass is 276 g/mol. The first kappa shape index (κ1) is 13.3. The molecule has 20 heavy (non-hydrogen) atoms. The number of urea groups is 1. The van der Waals surface area contributed by atoms with Crippen LogP contribution in [0, 0.1) is 10.1 Å². The number of benzene rings is 1. The molecule has 1 aromatic carbocycles. The highest BCUT2D eigenvalue weighted by Crippen LogP contribution is 2.21. The minimum absolute atomic E-state index is 0.0808. The number of phenolic OH excluding ortho intramolecular Hbond substituents is 1. The number of nitro groups is 1. The maximum atomic E-state index is 11.4. The lowest BCUT2D eigenvalue weighted by atomic mass is 10.2. The van der Waals surface area contributed by atoms with Crippen LogP contribution in [0.2, 0.25) is 0 Å². The summed E-state index contributed by atoms with van der Waals surface area (Å²) in [6, 6.07) is 1.60. The molecule has 0 saturated carbocycles. The predicted molar refractivity (Wildman–Crippen MR) is 68.2 cm³/mol. The van der Waals surface area contributed by atoms with Crippen molar-refractivity contribution in [1.29, 1.82) is 0 Å². The zero-order chi connectivity index (χ0) is 14.7. The largest absolute Gasteiger partial charge is 0.507 e. The van der Waals surface area contributed by atoms with Gasteiger partial charge in [0.25, 0.3) is 11.6 Å². The van der Waals surface area contributed by atoms with Crippen molar-refractivity contribution in [3.05, 3.63) is 33.9 Å². The van der Waals surface area contributed by atoms with Crippen molar-refractivity contribution >= 4 is 30.1 Å². The van der Waals surface area contributed by atoms with Gasteiger partial charge in [0.1, 0.15) is 5.75 Å². The Hall–Kier alpha value is -3.10. The van der Waals surface area contributed by atoms with Crippen molar-refractivity contribution in [3.8, 4) is 5.75 Å². The van der Waals surface area contributed by atoms with Crippen LogP contribution in [0.5, 0.6) is 5.75 Å². The molecule has 0 aromatic heterocycles. The van der Waals surface area contributed by atoms with Crippen LogP contribution in [0.3, 0.4) is 0 Å². The van der Waals surface area contributed by atoms with E-state index in [4.69, 9.17) is 0 Å². The van der Waals surface area contributed by atoms with Crippen molar-refractivity contribution in [2.45, 2.75) is 6.04 Å². The van der Waals surface area contributed by atoms with Gasteiger partial charge in [-0.25, -0.2) is 9.79 Å². The maximum Gasteiger partial charge on any atom is 0.347 e. The molecule has 1 heterocycles. The Bertz CT molecular complexity index is 652. The van der Waals surface area contributed by atoms with Crippen molar-refractivity contribution < 1.29 is 19.6 Å². The highest BCUT2D eigenvalue weighted by Gasteiger charge is 2.21. The highest BCUT2D eigenvalue weighted by molar-refractivity contribution is 6.12. The first-order valence-electron chi connectivity index (χ1n) is 5.37. The summed E-state index contributed by atoms with van der Waals surface area (Å²) < 4.78 is 0. The van der Waals surface area contributed by atoms with E-state index in [2.05, 4.69) is 9.98 Å². The van der Waals surface area contributed by atoms with Crippen molar-refractivity contribution in [2.75, 3.05) is 0 Å². The number of non-ortho nitro benzene ring substituents is 1. The third-order valence-electron chi connectivity index (χ3n) is 2.43. The van der Waals surface area contributed by atoms with Gasteiger partial charge in [-0.2, -0.15) is 0 Å². The Morgan fingerprint density at radius 2 is 2.20 bits per heavy atom. The minimum Gasteiger partial charge on any atom is -0.507 e. The number of phenols is 1. The van der Waals surface area contributed by atoms with Crippen LogP contribution in [-0.2, 0) is 4.79 Å². The molecule has 3 amide bonds. The fourth-order valence-corrected chi connectivity index (χ4v) is 1.44. The molecule has 2 N–H and O–H groups in total. The first-order chi connectivity index (χ1) is 9.47. The second kappa shape index (κ2) is 5.26. The van der Waals surface area contributed by atoms with E-state index >= 15 is 0 Å². The molecule has 1 aliphatic heterocycles. The Morgan fingerprint density at radius 3 is 2.85 bits per heavy atom. The summed E-state index contributed by atoms with van der Waals surface area (Å²) in [4.78, 5) is 39.3. The molecule has 1 aromatic rings. The Labute approximate surface area is 111 Å². The van der Waals surface area contributed by atoms with Crippen molar-refractivity contribution in [2.24, 2.45) is 9.98 Å². The standard InChI is InChI=1S/C11H8N4O5/c16-9-2-1-7(15(19)20)3-6(9)4-12-8-5-13-11(18)14-10(8)17/h1-5,8,16H,(H,14,17,18). The molecule has 0 bridgehead atoms. The van der Waals surface area contributed by atoms with Gasteiger partial charge in [0, 0.05) is 30.1 Å². The van der Waals surface area contributed by atoms with E-state index in [-0.39, 0.29) is 17.0 Å². The summed E-state index contributed by atoms with van der Waals surface area (Å²) in [5, 5.41) is 22.1. The molecular formula is C11H8N4O5. The molecule has 9 heteroatoms. The molecule has 0 fully saturated rings. The summed E-state index contributed by atoms with van der Waals surface area (Å²) >= 11 is 0. The number of nitrogens with one attached hydrogen (secondary N) is 1. The predicted octanol–water partition coefficient (Wildman–Crippen LogP) is 0.408. The number of nitrogens with zero attached hydrogens (tertiary/aromatic N) is 3. The number of aromatic hydroxyl groups is 1. The zero-order valence-corrected chi connectivity index (χ0v) is 9.89. The minimum atomic E-state index is -1.02. The van der Waals surface area contributed by atoms with Crippen molar-refractivity contribution in [3.63, 3.8) is 0 Å². The van der Waals surface area contributed by atoms with E-state index in [0.29, 0.717) is 0 Å². The van der Waals surface area contributed by atoms with Gasteiger partial charge < -0.3 is 5.11 Å². The van der Waals surface area contributed by atoms with Crippen LogP contribution in [0.4, 0.5) is 10.5 Å². The number of imide groups is 1. The molecular weight excluding hydrogens is 268 g/mol. The van der Waals surface area contributed by atoms with Crippen LogP contribution in [0.25, 0.3) is 0 Å². The first-order valence-corrected chi connectivity index (χ1v) is 5.37. The maximum absolute atomic E-state index is 11.4. The second-order valence-corrected chi connectivity index (χ2v) is 3.80. The number of nitro benzene ring substituents is 1. The van der Waals surface area contributed by atoms with Crippen LogP contribution in [0.1, 0.15) is 5.56 Å². The second-order valence-electron chi connectivity index (χ2n) is 3.80. The van der Waals surface area contributed by atoms with Gasteiger partial charge in [-0.3, -0.25) is 25.2 Å². The summed E-state index contributed by atoms with van der Waals surface area (Å²) in [6.45, 7) is 0. The van der Waals surface area contributed by atoms with E-state index in [0.717, 1.165) is 30.6 Å². The molecule has 102 valence electrons. The van der Waals surface area contributed by atoms with Gasteiger partial charge in [0.15, 0.2) is 6.04 Å². The lowest BCUT2D eigenvalue weighted by Gasteiger charge is -2.10. The smallest absolute Gasteiger partial charge is 0.347 e. The number of hydrogen-bond acceptors (Lipinski definition) is 6. The van der Waals surface area contributed by atoms with E-state index in [1.807, 2.05) is 5.32 Å².